The predicted molar refractivity (Wildman–Crippen MR) is 99.6 cm³/mol. The molecule has 1 saturated heterocycles. The number of ether oxygens (including phenoxy) is 3. The molecule has 146 valence electrons. The van der Waals surface area contributed by atoms with Crippen LogP contribution in [0.3, 0.4) is 0 Å². The zero-order chi connectivity index (χ0) is 19.5. The molecular formula is C20H21N3O5. The van der Waals surface area contributed by atoms with Crippen LogP contribution in [0, 0.1) is 0 Å². The summed E-state index contributed by atoms with van der Waals surface area (Å²) in [6.45, 7) is 2.01. The Balaban J connectivity index is 1.33. The Morgan fingerprint density at radius 2 is 1.75 bits per heavy atom. The molecule has 1 aromatic carbocycles. The minimum atomic E-state index is -0.664. The second-order valence-corrected chi connectivity index (χ2v) is 6.57. The third kappa shape index (κ3) is 3.58. The first-order valence-electron chi connectivity index (χ1n) is 9.12. The lowest BCUT2D eigenvalue weighted by atomic mass is 10.2. The summed E-state index contributed by atoms with van der Waals surface area (Å²) in [5.74, 6) is 1.47. The summed E-state index contributed by atoms with van der Waals surface area (Å²) in [4.78, 5) is 32.9. The van der Waals surface area contributed by atoms with Crippen molar-refractivity contribution in [2.24, 2.45) is 0 Å². The first kappa shape index (κ1) is 18.1. The van der Waals surface area contributed by atoms with E-state index in [9.17, 15) is 9.59 Å². The maximum absolute atomic E-state index is 12.8. The van der Waals surface area contributed by atoms with Crippen molar-refractivity contribution in [1.82, 2.24) is 14.8 Å². The van der Waals surface area contributed by atoms with Crippen LogP contribution in [0.15, 0.2) is 42.6 Å². The van der Waals surface area contributed by atoms with Gasteiger partial charge < -0.3 is 24.0 Å². The van der Waals surface area contributed by atoms with Gasteiger partial charge in [-0.1, -0.05) is 12.1 Å². The lowest BCUT2D eigenvalue weighted by Crippen LogP contribution is -2.55. The van der Waals surface area contributed by atoms with Crippen molar-refractivity contribution in [3.8, 4) is 17.4 Å². The van der Waals surface area contributed by atoms with Gasteiger partial charge in [0.1, 0.15) is 6.61 Å². The number of hydrogen-bond donors (Lipinski definition) is 0. The normalized spacial score (nSPS) is 18.5. The molecule has 2 aromatic rings. The number of carbonyl (C=O) groups excluding carboxylic acids is 2. The van der Waals surface area contributed by atoms with Gasteiger partial charge >= 0.3 is 0 Å². The largest absolute Gasteiger partial charge is 0.485 e. The maximum Gasteiger partial charge on any atom is 0.267 e. The number of amides is 2. The maximum atomic E-state index is 12.8. The Morgan fingerprint density at radius 1 is 1.04 bits per heavy atom. The molecule has 0 saturated carbocycles. The second kappa shape index (κ2) is 7.75. The van der Waals surface area contributed by atoms with E-state index in [1.54, 1.807) is 28.0 Å². The molecule has 0 bridgehead atoms. The highest BCUT2D eigenvalue weighted by Gasteiger charge is 2.33. The zero-order valence-corrected chi connectivity index (χ0v) is 15.5. The average molecular weight is 383 g/mol. The number of hydrogen-bond acceptors (Lipinski definition) is 6. The van der Waals surface area contributed by atoms with Gasteiger partial charge in [-0.3, -0.25) is 9.59 Å². The molecule has 1 atom stereocenters. The molecular weight excluding hydrogens is 362 g/mol. The molecule has 1 unspecified atom stereocenters. The standard InChI is InChI=1S/C20H21N3O5/c1-26-18-7-6-14(12-21-18)19(24)22-8-10-23(11-9-22)20(25)17-13-27-15-4-2-3-5-16(15)28-17/h2-7,12,17H,8-11,13H2,1H3. The van der Waals surface area contributed by atoms with Crippen LogP contribution in [-0.4, -0.2) is 72.6 Å². The monoisotopic (exact) mass is 383 g/mol. The van der Waals surface area contributed by atoms with Gasteiger partial charge in [0.05, 0.1) is 12.7 Å². The Bertz CT molecular complexity index is 862. The number of para-hydroxylation sites is 2. The van der Waals surface area contributed by atoms with Crippen LogP contribution in [0.25, 0.3) is 0 Å². The molecule has 4 rings (SSSR count). The van der Waals surface area contributed by atoms with E-state index in [-0.39, 0.29) is 18.4 Å². The van der Waals surface area contributed by atoms with E-state index in [0.717, 1.165) is 0 Å². The molecule has 0 aliphatic carbocycles. The van der Waals surface area contributed by atoms with E-state index >= 15 is 0 Å². The summed E-state index contributed by atoms with van der Waals surface area (Å²) in [6.07, 6.45) is 0.839. The summed E-state index contributed by atoms with van der Waals surface area (Å²) in [5.41, 5.74) is 0.501. The quantitative estimate of drug-likeness (QED) is 0.793. The Morgan fingerprint density at radius 3 is 2.43 bits per heavy atom. The summed E-state index contributed by atoms with van der Waals surface area (Å²) >= 11 is 0. The predicted octanol–water partition coefficient (Wildman–Crippen LogP) is 1.21. The summed E-state index contributed by atoms with van der Waals surface area (Å²) < 4.78 is 16.4. The van der Waals surface area contributed by atoms with Crippen LogP contribution >= 0.6 is 0 Å². The van der Waals surface area contributed by atoms with Crippen LogP contribution in [0.2, 0.25) is 0 Å². The lowest BCUT2D eigenvalue weighted by molar-refractivity contribution is -0.142. The van der Waals surface area contributed by atoms with Crippen LogP contribution in [0.4, 0.5) is 0 Å². The molecule has 8 nitrogen and oxygen atoms in total. The van der Waals surface area contributed by atoms with Gasteiger partial charge in [-0.25, -0.2) is 4.98 Å². The SMILES string of the molecule is COc1ccc(C(=O)N2CCN(C(=O)C3COc4ccccc4O3)CC2)cn1. The van der Waals surface area contributed by atoms with Gasteiger partial charge in [-0.15, -0.1) is 0 Å². The third-order valence-corrected chi connectivity index (χ3v) is 4.86. The number of pyridine rings is 1. The zero-order valence-electron chi connectivity index (χ0n) is 15.5. The molecule has 1 fully saturated rings. The van der Waals surface area contributed by atoms with Crippen molar-refractivity contribution in [2.75, 3.05) is 39.9 Å². The van der Waals surface area contributed by atoms with E-state index in [1.165, 1.54) is 13.3 Å². The van der Waals surface area contributed by atoms with E-state index in [1.807, 2.05) is 18.2 Å². The minimum Gasteiger partial charge on any atom is -0.485 e. The number of rotatable bonds is 3. The number of nitrogens with zero attached hydrogens (tertiary/aromatic N) is 3. The van der Waals surface area contributed by atoms with Gasteiger partial charge in [-0.2, -0.15) is 0 Å². The number of piperazine rings is 1. The molecule has 1 aromatic heterocycles. The molecule has 28 heavy (non-hydrogen) atoms. The number of fused-ring (bicyclic) bond motifs is 1. The molecule has 2 aliphatic rings. The lowest BCUT2D eigenvalue weighted by Gasteiger charge is -2.37. The first-order valence-corrected chi connectivity index (χ1v) is 9.12. The fraction of sp³-hybridized carbons (Fsp3) is 0.350. The summed E-state index contributed by atoms with van der Waals surface area (Å²) in [6, 6.07) is 10.6. The second-order valence-electron chi connectivity index (χ2n) is 6.57. The van der Waals surface area contributed by atoms with E-state index in [4.69, 9.17) is 14.2 Å². The van der Waals surface area contributed by atoms with E-state index in [2.05, 4.69) is 4.98 Å². The molecule has 0 spiro atoms. The van der Waals surface area contributed by atoms with Crippen molar-refractivity contribution in [3.63, 3.8) is 0 Å². The fourth-order valence-corrected chi connectivity index (χ4v) is 3.28. The topological polar surface area (TPSA) is 81.2 Å². The Hall–Kier alpha value is -3.29. The number of benzene rings is 1. The Kier molecular flexibility index (Phi) is 5.01. The number of methoxy groups -OCH3 is 1. The van der Waals surface area contributed by atoms with Crippen LogP contribution in [-0.2, 0) is 4.79 Å². The highest BCUT2D eigenvalue weighted by Crippen LogP contribution is 2.31. The van der Waals surface area contributed by atoms with Crippen molar-refractivity contribution in [1.29, 1.82) is 0 Å². The fourth-order valence-electron chi connectivity index (χ4n) is 3.28. The number of carbonyl (C=O) groups is 2. The molecule has 2 aliphatic heterocycles. The van der Waals surface area contributed by atoms with Crippen LogP contribution < -0.4 is 14.2 Å². The highest BCUT2D eigenvalue weighted by molar-refractivity contribution is 5.94. The van der Waals surface area contributed by atoms with E-state index < -0.39 is 6.10 Å². The number of aromatic nitrogens is 1. The van der Waals surface area contributed by atoms with Crippen molar-refractivity contribution in [2.45, 2.75) is 6.10 Å². The smallest absolute Gasteiger partial charge is 0.267 e. The van der Waals surface area contributed by atoms with Crippen LogP contribution in [0.1, 0.15) is 10.4 Å². The van der Waals surface area contributed by atoms with Gasteiger partial charge in [0.2, 0.25) is 12.0 Å². The van der Waals surface area contributed by atoms with Gasteiger partial charge in [0, 0.05) is 38.4 Å². The summed E-state index contributed by atoms with van der Waals surface area (Å²) in [5, 5.41) is 0. The van der Waals surface area contributed by atoms with E-state index in [0.29, 0.717) is 49.1 Å². The van der Waals surface area contributed by atoms with Gasteiger partial charge in [0.15, 0.2) is 11.5 Å². The summed E-state index contributed by atoms with van der Waals surface area (Å²) in [7, 11) is 1.53. The van der Waals surface area contributed by atoms with Crippen molar-refractivity contribution >= 4 is 11.8 Å². The molecule has 3 heterocycles. The van der Waals surface area contributed by atoms with Crippen molar-refractivity contribution in [3.05, 3.63) is 48.2 Å². The van der Waals surface area contributed by atoms with Gasteiger partial charge in [0.25, 0.3) is 11.8 Å². The molecule has 2 amide bonds. The highest BCUT2D eigenvalue weighted by atomic mass is 16.6. The first-order chi connectivity index (χ1) is 13.7. The molecule has 0 radical (unpaired) electrons. The Labute approximate surface area is 162 Å². The molecule has 0 N–H and O–H groups in total. The van der Waals surface area contributed by atoms with Crippen LogP contribution in [0.5, 0.6) is 17.4 Å². The van der Waals surface area contributed by atoms with Gasteiger partial charge in [-0.05, 0) is 18.2 Å². The minimum absolute atomic E-state index is 0.103. The third-order valence-electron chi connectivity index (χ3n) is 4.86. The molecule has 8 heteroatoms. The van der Waals surface area contributed by atoms with Crippen molar-refractivity contribution < 1.29 is 23.8 Å². The average Bonchev–Trinajstić information content (AvgIpc) is 2.78.